The number of carbonyl (C=O) groups is 3. The van der Waals surface area contributed by atoms with Crippen LogP contribution in [0.5, 0.6) is 0 Å². The molecule has 3 heterocycles. The van der Waals surface area contributed by atoms with Crippen molar-refractivity contribution in [3.8, 4) is 11.1 Å². The van der Waals surface area contributed by atoms with E-state index >= 15 is 0 Å². The summed E-state index contributed by atoms with van der Waals surface area (Å²) in [7, 11) is 0. The minimum atomic E-state index is -0.685. The van der Waals surface area contributed by atoms with Crippen LogP contribution in [0.4, 0.5) is 4.39 Å². The van der Waals surface area contributed by atoms with E-state index in [1.54, 1.807) is 36.4 Å². The summed E-state index contributed by atoms with van der Waals surface area (Å²) in [6.45, 7) is 5.14. The largest absolute Gasteiger partial charge is 0.350 e. The first kappa shape index (κ1) is 27.0. The third-order valence-electron chi connectivity index (χ3n) is 8.19. The molecule has 2 aromatic heterocycles. The third kappa shape index (κ3) is 4.86. The Morgan fingerprint density at radius 1 is 1.12 bits per heavy atom. The fourth-order valence-corrected chi connectivity index (χ4v) is 6.03. The van der Waals surface area contributed by atoms with Crippen LogP contribution in [-0.4, -0.2) is 54.3 Å². The third-order valence-corrected chi connectivity index (χ3v) is 8.49. The van der Waals surface area contributed by atoms with Crippen molar-refractivity contribution in [3.05, 3.63) is 76.7 Å². The van der Waals surface area contributed by atoms with Crippen molar-refractivity contribution in [1.82, 2.24) is 30.0 Å². The number of fused-ring (bicyclic) bond motifs is 2. The van der Waals surface area contributed by atoms with E-state index in [0.717, 1.165) is 17.5 Å². The van der Waals surface area contributed by atoms with E-state index in [-0.39, 0.29) is 58.4 Å². The van der Waals surface area contributed by atoms with Gasteiger partial charge in [0.05, 0.1) is 10.5 Å². The van der Waals surface area contributed by atoms with Gasteiger partial charge >= 0.3 is 0 Å². The van der Waals surface area contributed by atoms with Gasteiger partial charge in [-0.1, -0.05) is 36.7 Å². The molecule has 2 aliphatic rings. The number of ketones is 1. The maximum atomic E-state index is 14.3. The minimum absolute atomic E-state index is 0.0149. The van der Waals surface area contributed by atoms with Crippen LogP contribution in [-0.2, 0) is 22.7 Å². The highest BCUT2D eigenvalue weighted by Crippen LogP contribution is 2.59. The molecule has 0 radical (unpaired) electrons. The number of benzene rings is 2. The van der Waals surface area contributed by atoms with Gasteiger partial charge in [-0.2, -0.15) is 5.10 Å². The molecule has 1 aliphatic carbocycles. The zero-order valence-electron chi connectivity index (χ0n) is 22.8. The van der Waals surface area contributed by atoms with Crippen LogP contribution in [0.1, 0.15) is 48.6 Å². The summed E-state index contributed by atoms with van der Waals surface area (Å²) >= 11 is 5.87. The van der Waals surface area contributed by atoms with Gasteiger partial charge in [0.25, 0.3) is 0 Å². The van der Waals surface area contributed by atoms with Crippen molar-refractivity contribution >= 4 is 40.1 Å². The van der Waals surface area contributed by atoms with Gasteiger partial charge in [0, 0.05) is 48.4 Å². The molecule has 2 fully saturated rings. The van der Waals surface area contributed by atoms with Crippen molar-refractivity contribution in [1.29, 1.82) is 0 Å². The maximum Gasteiger partial charge on any atom is 0.245 e. The minimum Gasteiger partial charge on any atom is -0.350 e. The number of likely N-dealkylation sites (tertiary alicyclic amines) is 1. The molecule has 1 N–H and O–H groups in total. The van der Waals surface area contributed by atoms with Gasteiger partial charge in [-0.25, -0.2) is 14.4 Å². The van der Waals surface area contributed by atoms with E-state index in [1.807, 2.05) is 18.2 Å². The van der Waals surface area contributed by atoms with Crippen LogP contribution < -0.4 is 5.32 Å². The van der Waals surface area contributed by atoms with Crippen LogP contribution in [0.3, 0.4) is 0 Å². The fourth-order valence-electron chi connectivity index (χ4n) is 5.84. The molecule has 3 atom stereocenters. The number of aryl methyl sites for hydroxylation is 1. The van der Waals surface area contributed by atoms with E-state index in [4.69, 9.17) is 11.6 Å². The summed E-state index contributed by atoms with van der Waals surface area (Å²) < 4.78 is 15.9. The highest BCUT2D eigenvalue weighted by molar-refractivity contribution is 6.30. The lowest BCUT2D eigenvalue weighted by Crippen LogP contribution is -2.48. The summed E-state index contributed by atoms with van der Waals surface area (Å²) in [6, 6.07) is 9.44. The second kappa shape index (κ2) is 10.0. The van der Waals surface area contributed by atoms with Crippen molar-refractivity contribution in [2.75, 3.05) is 0 Å². The van der Waals surface area contributed by atoms with Gasteiger partial charge in [-0.15, -0.1) is 0 Å². The fraction of sp³-hybridized carbons (Fsp3) is 0.333. The molecule has 0 unspecified atom stereocenters. The van der Waals surface area contributed by atoms with Crippen LogP contribution in [0.15, 0.2) is 48.8 Å². The van der Waals surface area contributed by atoms with Crippen LogP contribution in [0.2, 0.25) is 5.02 Å². The summed E-state index contributed by atoms with van der Waals surface area (Å²) in [6.07, 6.45) is 4.77. The number of piperidine rings is 1. The number of hydrogen-bond acceptors (Lipinski definition) is 6. The predicted octanol–water partition coefficient (Wildman–Crippen LogP) is 4.49. The second-order valence-electron chi connectivity index (χ2n) is 11.1. The quantitative estimate of drug-likeness (QED) is 0.326. The predicted molar refractivity (Wildman–Crippen MR) is 151 cm³/mol. The Morgan fingerprint density at radius 3 is 2.61 bits per heavy atom. The lowest BCUT2D eigenvalue weighted by Gasteiger charge is -2.27. The molecule has 210 valence electrons. The maximum absolute atomic E-state index is 14.3. The van der Waals surface area contributed by atoms with Gasteiger partial charge in [0.2, 0.25) is 11.8 Å². The summed E-state index contributed by atoms with van der Waals surface area (Å²) in [5, 5.41) is 7.89. The van der Waals surface area contributed by atoms with E-state index in [0.29, 0.717) is 23.1 Å². The molecule has 41 heavy (non-hydrogen) atoms. The number of aromatic nitrogens is 4. The molecular weight excluding hydrogens is 547 g/mol. The Bertz CT molecular complexity index is 1720. The van der Waals surface area contributed by atoms with Crippen molar-refractivity contribution in [2.24, 2.45) is 5.41 Å². The second-order valence-corrected chi connectivity index (χ2v) is 11.5. The lowest BCUT2D eigenvalue weighted by molar-refractivity contribution is -0.140. The van der Waals surface area contributed by atoms with E-state index in [2.05, 4.69) is 27.3 Å². The monoisotopic (exact) mass is 574 g/mol. The van der Waals surface area contributed by atoms with Crippen molar-refractivity contribution < 1.29 is 18.8 Å². The normalized spacial score (nSPS) is 21.1. The number of hydrogen-bond donors (Lipinski definition) is 1. The molecule has 0 spiro atoms. The Labute approximate surface area is 240 Å². The van der Waals surface area contributed by atoms with E-state index < -0.39 is 11.9 Å². The molecular formula is C30H28ClFN6O3. The van der Waals surface area contributed by atoms with Gasteiger partial charge < -0.3 is 10.2 Å². The number of carbonyl (C=O) groups excluding carboxylic acids is 3. The van der Waals surface area contributed by atoms with Gasteiger partial charge in [-0.05, 0) is 48.9 Å². The first-order valence-corrected chi connectivity index (χ1v) is 13.8. The Kier molecular flexibility index (Phi) is 6.60. The number of Topliss-reactive ketones (excluding diaryl/α,β-unsaturated/α-hetero) is 1. The average Bonchev–Trinajstić information content (AvgIpc) is 3.31. The lowest BCUT2D eigenvalue weighted by atomic mass is 10.0. The molecule has 6 rings (SSSR count). The number of amides is 2. The van der Waals surface area contributed by atoms with Crippen LogP contribution in [0.25, 0.3) is 22.0 Å². The molecule has 11 heteroatoms. The molecule has 1 saturated carbocycles. The molecule has 2 amide bonds. The van der Waals surface area contributed by atoms with Gasteiger partial charge in [-0.3, -0.25) is 19.1 Å². The molecule has 1 aliphatic heterocycles. The van der Waals surface area contributed by atoms with Crippen molar-refractivity contribution in [3.63, 3.8) is 0 Å². The number of nitrogens with one attached hydrogen (secondary N) is 1. The first-order chi connectivity index (χ1) is 19.6. The first-order valence-electron chi connectivity index (χ1n) is 13.4. The Balaban J connectivity index is 1.25. The molecule has 4 aromatic rings. The van der Waals surface area contributed by atoms with Crippen molar-refractivity contribution in [2.45, 2.75) is 58.8 Å². The van der Waals surface area contributed by atoms with Crippen LogP contribution in [0, 0.1) is 18.2 Å². The SMILES string of the molecule is CC(=O)c1nn(CC(=O)N2[C@H](C(=O)NCc3cccc(Cl)c3F)C[C@@]3(C)C[C@@H]23)c2ccc(-c3cnc(C)nc3)cc12. The van der Waals surface area contributed by atoms with Gasteiger partial charge in [0.1, 0.15) is 29.9 Å². The Morgan fingerprint density at radius 2 is 1.88 bits per heavy atom. The van der Waals surface area contributed by atoms with Crippen LogP contribution >= 0.6 is 11.6 Å². The topological polar surface area (TPSA) is 110 Å². The summed E-state index contributed by atoms with van der Waals surface area (Å²) in [5.74, 6) is -0.747. The molecule has 1 saturated heterocycles. The zero-order valence-corrected chi connectivity index (χ0v) is 23.6. The molecule has 9 nitrogen and oxygen atoms in total. The summed E-state index contributed by atoms with van der Waals surface area (Å²) in [4.78, 5) is 49.6. The number of rotatable bonds is 7. The highest BCUT2D eigenvalue weighted by Gasteiger charge is 2.64. The number of nitrogens with zero attached hydrogens (tertiary/aromatic N) is 5. The average molecular weight is 575 g/mol. The standard InChI is InChI=1S/C30H28ClFN6O3/c1-16(39)28-21-9-18(20-13-33-17(2)34-14-20)7-8-23(21)37(36-28)15-26(40)38-24(10-30(3)11-25(30)38)29(41)35-12-19-5-4-6-22(31)27(19)32/h4-9,13-14,24-25H,10-12,15H2,1-3H3,(H,35,41)/t24-,25+,30-/m0/s1. The molecule has 2 aromatic carbocycles. The zero-order chi connectivity index (χ0) is 29.1. The highest BCUT2D eigenvalue weighted by atomic mass is 35.5. The number of halogens is 2. The van der Waals surface area contributed by atoms with E-state index in [1.165, 1.54) is 17.7 Å². The van der Waals surface area contributed by atoms with Gasteiger partial charge in [0.15, 0.2) is 5.78 Å². The Hall–Kier alpha value is -4.18. The summed E-state index contributed by atoms with van der Waals surface area (Å²) in [5.41, 5.74) is 2.66. The molecule has 0 bridgehead atoms. The van der Waals surface area contributed by atoms with E-state index in [9.17, 15) is 18.8 Å². The smallest absolute Gasteiger partial charge is 0.245 e.